The van der Waals surface area contributed by atoms with E-state index < -0.39 is 16.7 Å². The zero-order valence-corrected chi connectivity index (χ0v) is 24.1. The molecule has 3 aliphatic heterocycles. The van der Waals surface area contributed by atoms with Crippen molar-refractivity contribution in [1.82, 2.24) is 14.4 Å². The first kappa shape index (κ1) is 25.5. The van der Waals surface area contributed by atoms with Crippen LogP contribution in [0.15, 0.2) is 36.4 Å². The molecule has 2 N–H and O–H groups in total. The Bertz CT molecular complexity index is 1610. The number of carbonyl (C=O) groups excluding carboxylic acids is 2. The molecule has 2 saturated carbocycles. The van der Waals surface area contributed by atoms with Crippen LogP contribution in [-0.2, 0) is 16.8 Å². The molecule has 2 amide bonds. The van der Waals surface area contributed by atoms with E-state index in [-0.39, 0.29) is 23.8 Å². The maximum atomic E-state index is 15.1. The van der Waals surface area contributed by atoms with Crippen molar-refractivity contribution >= 4 is 22.7 Å². The van der Waals surface area contributed by atoms with E-state index in [1.54, 1.807) is 12.1 Å². The molecule has 2 aromatic carbocycles. The van der Waals surface area contributed by atoms with Gasteiger partial charge in [-0.2, -0.15) is 0 Å². The molecule has 7 heteroatoms. The summed E-state index contributed by atoms with van der Waals surface area (Å²) in [7, 11) is 2.15. The van der Waals surface area contributed by atoms with Gasteiger partial charge in [-0.3, -0.25) is 9.59 Å². The number of nitrogens with two attached hydrogens (primary N) is 1. The fourth-order valence-electron chi connectivity index (χ4n) is 9.45. The number of hydrogen-bond acceptors (Lipinski definition) is 3. The van der Waals surface area contributed by atoms with Gasteiger partial charge in [-0.25, -0.2) is 4.39 Å². The summed E-state index contributed by atoms with van der Waals surface area (Å²) in [6.07, 6.45) is 8.67. The van der Waals surface area contributed by atoms with Gasteiger partial charge in [0.2, 0.25) is 11.8 Å². The third-order valence-electron chi connectivity index (χ3n) is 11.6. The average molecular weight is 555 g/mol. The van der Waals surface area contributed by atoms with Crippen LogP contribution in [0.2, 0.25) is 0 Å². The number of likely N-dealkylation sites (tertiary alicyclic amines) is 1. The lowest BCUT2D eigenvalue weighted by Gasteiger charge is -2.42. The molecule has 214 valence electrons. The molecule has 2 aliphatic carbocycles. The standard InChI is InChI=1S/C34H39FN4O2/c1-33-18-34(33,32(41)39-23-10-11-24(39)17-37(2)16-23)19-38-28-14-21(31(36)40)8-12-26(28)29(20-6-4-3-5-7-20)30(38)25-13-9-22(35)15-27(25)33/h8-9,12-15,20,23-24H,3-7,10-11,16-19H2,1-2H3,(H2,36,40)/t23?,24?,33-,34+/m0/s1. The summed E-state index contributed by atoms with van der Waals surface area (Å²) in [5.41, 5.74) is 10.5. The highest BCUT2D eigenvalue weighted by atomic mass is 19.1. The van der Waals surface area contributed by atoms with Gasteiger partial charge < -0.3 is 20.1 Å². The fourth-order valence-corrected chi connectivity index (χ4v) is 9.45. The van der Waals surface area contributed by atoms with Crippen LogP contribution >= 0.6 is 0 Å². The Labute approximate surface area is 240 Å². The molecule has 3 aromatic rings. The molecule has 8 rings (SSSR count). The molecule has 41 heavy (non-hydrogen) atoms. The van der Waals surface area contributed by atoms with Gasteiger partial charge in [0.05, 0.1) is 11.1 Å². The van der Waals surface area contributed by atoms with Crippen LogP contribution in [0.5, 0.6) is 0 Å². The second kappa shape index (κ2) is 8.66. The number of likely N-dealkylation sites (N-methyl/N-ethyl adjacent to an activating group) is 1. The van der Waals surface area contributed by atoms with Crippen LogP contribution in [-0.4, -0.2) is 58.4 Å². The second-order valence-electron chi connectivity index (χ2n) is 13.9. The third-order valence-corrected chi connectivity index (χ3v) is 11.6. The zero-order chi connectivity index (χ0) is 28.3. The van der Waals surface area contributed by atoms with Gasteiger partial charge in [0.15, 0.2) is 0 Å². The molecule has 0 spiro atoms. The van der Waals surface area contributed by atoms with Gasteiger partial charge in [0.25, 0.3) is 0 Å². The van der Waals surface area contributed by atoms with E-state index in [9.17, 15) is 9.59 Å². The van der Waals surface area contributed by atoms with E-state index in [0.717, 1.165) is 66.5 Å². The van der Waals surface area contributed by atoms with Gasteiger partial charge >= 0.3 is 0 Å². The Morgan fingerprint density at radius 2 is 1.71 bits per heavy atom. The molecular formula is C34H39FN4O2. The minimum absolute atomic E-state index is 0.232. The van der Waals surface area contributed by atoms with E-state index in [0.29, 0.717) is 24.4 Å². The largest absolute Gasteiger partial charge is 0.366 e. The molecular weight excluding hydrogens is 515 g/mol. The number of piperazine rings is 1. The van der Waals surface area contributed by atoms with Gasteiger partial charge in [-0.1, -0.05) is 32.3 Å². The number of halogens is 1. The lowest BCUT2D eigenvalue weighted by atomic mass is 9.79. The number of nitrogens with zero attached hydrogens (tertiary/aromatic N) is 3. The third kappa shape index (κ3) is 3.44. The maximum absolute atomic E-state index is 15.1. The number of aromatic nitrogens is 1. The number of primary amides is 1. The molecule has 1 aromatic heterocycles. The molecule has 4 atom stereocenters. The van der Waals surface area contributed by atoms with Crippen LogP contribution in [0.4, 0.5) is 4.39 Å². The molecule has 4 fully saturated rings. The lowest BCUT2D eigenvalue weighted by molar-refractivity contribution is -0.144. The fraction of sp³-hybridized carbons (Fsp3) is 0.529. The number of rotatable bonds is 3. The van der Waals surface area contributed by atoms with Crippen LogP contribution in [0, 0.1) is 11.2 Å². The first-order chi connectivity index (χ1) is 19.7. The van der Waals surface area contributed by atoms with Crippen molar-refractivity contribution in [3.8, 4) is 11.3 Å². The highest BCUT2D eigenvalue weighted by Gasteiger charge is 2.73. The lowest BCUT2D eigenvalue weighted by Crippen LogP contribution is -2.57. The minimum Gasteiger partial charge on any atom is -0.366 e. The summed E-state index contributed by atoms with van der Waals surface area (Å²) in [4.78, 5) is 31.8. The molecule has 5 aliphatic rings. The number of benzene rings is 2. The highest BCUT2D eigenvalue weighted by molar-refractivity contribution is 6.01. The van der Waals surface area contributed by atoms with Gasteiger partial charge in [-0.15, -0.1) is 0 Å². The van der Waals surface area contributed by atoms with Crippen molar-refractivity contribution < 1.29 is 14.0 Å². The summed E-state index contributed by atoms with van der Waals surface area (Å²) in [6.45, 7) is 4.54. The predicted molar refractivity (Wildman–Crippen MR) is 157 cm³/mol. The monoisotopic (exact) mass is 554 g/mol. The van der Waals surface area contributed by atoms with Crippen LogP contribution in [0.1, 0.15) is 85.7 Å². The second-order valence-corrected chi connectivity index (χ2v) is 13.9. The summed E-state index contributed by atoms with van der Waals surface area (Å²) in [5.74, 6) is -0.0792. The molecule has 2 bridgehead atoms. The topological polar surface area (TPSA) is 71.6 Å². The quantitative estimate of drug-likeness (QED) is 0.461. The summed E-state index contributed by atoms with van der Waals surface area (Å²) >= 11 is 0. The van der Waals surface area contributed by atoms with E-state index in [1.165, 1.54) is 24.8 Å². The zero-order valence-electron chi connectivity index (χ0n) is 24.1. The van der Waals surface area contributed by atoms with E-state index in [2.05, 4.69) is 34.4 Å². The molecule has 4 heterocycles. The van der Waals surface area contributed by atoms with Crippen molar-refractivity contribution in [2.75, 3.05) is 20.1 Å². The van der Waals surface area contributed by atoms with Crippen molar-refractivity contribution in [3.05, 3.63) is 58.9 Å². The number of hydrogen-bond donors (Lipinski definition) is 1. The Balaban J connectivity index is 1.38. The van der Waals surface area contributed by atoms with E-state index in [1.807, 2.05) is 18.2 Å². The van der Waals surface area contributed by atoms with Crippen LogP contribution < -0.4 is 5.73 Å². The highest BCUT2D eigenvalue weighted by Crippen LogP contribution is 2.70. The van der Waals surface area contributed by atoms with Gasteiger partial charge in [0, 0.05) is 59.2 Å². The first-order valence-corrected chi connectivity index (χ1v) is 15.5. The minimum atomic E-state index is -0.657. The van der Waals surface area contributed by atoms with Crippen molar-refractivity contribution in [1.29, 1.82) is 0 Å². The maximum Gasteiger partial charge on any atom is 0.248 e. The van der Waals surface area contributed by atoms with Crippen molar-refractivity contribution in [2.24, 2.45) is 11.1 Å². The molecule has 0 radical (unpaired) electrons. The predicted octanol–water partition coefficient (Wildman–Crippen LogP) is 5.56. The summed E-state index contributed by atoms with van der Waals surface area (Å²) < 4.78 is 17.4. The van der Waals surface area contributed by atoms with Gasteiger partial charge in [0.1, 0.15) is 5.82 Å². The normalized spacial score (nSPS) is 31.0. The molecule has 2 saturated heterocycles. The smallest absolute Gasteiger partial charge is 0.248 e. The molecule has 6 nitrogen and oxygen atoms in total. The summed E-state index contributed by atoms with van der Waals surface area (Å²) in [6, 6.07) is 11.5. The van der Waals surface area contributed by atoms with Crippen molar-refractivity contribution in [3.63, 3.8) is 0 Å². The number of carbonyl (C=O) groups is 2. The Morgan fingerprint density at radius 1 is 0.976 bits per heavy atom. The van der Waals surface area contributed by atoms with E-state index >= 15 is 4.39 Å². The number of amides is 2. The van der Waals surface area contributed by atoms with Crippen molar-refractivity contribution in [2.45, 2.75) is 88.3 Å². The Hall–Kier alpha value is -3.19. The number of fused-ring (bicyclic) bond motifs is 9. The van der Waals surface area contributed by atoms with Crippen LogP contribution in [0.25, 0.3) is 22.2 Å². The molecule has 2 unspecified atom stereocenters. The first-order valence-electron chi connectivity index (χ1n) is 15.5. The van der Waals surface area contributed by atoms with Gasteiger partial charge in [-0.05, 0) is 86.5 Å². The van der Waals surface area contributed by atoms with Crippen LogP contribution in [0.3, 0.4) is 0 Å². The van der Waals surface area contributed by atoms with E-state index in [4.69, 9.17) is 5.73 Å². The summed E-state index contributed by atoms with van der Waals surface area (Å²) in [5, 5.41) is 1.14. The SMILES string of the molecule is CN1CC2CCC(C1)N2C(=O)[C@@]12Cn3c(c(C4CCCCC4)c4ccc(C(N)=O)cc43)-c3ccc(F)cc3[C@]1(C)C2. The average Bonchev–Trinajstić information content (AvgIpc) is 3.35. The Kier molecular flexibility index (Phi) is 5.39. The Morgan fingerprint density at radius 3 is 2.41 bits per heavy atom.